The zero-order valence-electron chi connectivity index (χ0n) is 20.1. The number of hydrogen-bond donors (Lipinski definition) is 2. The standard InChI is InChI=1S/C25H26F4N4O3S/c1-33(37(2,35)36)19-9-6-15(7-10-19)24(34)31-18-5-3-4-17(13-18)30-22-14-23(25(27,28)29)32-21-11-8-16(26)12-20(21)22/h6-12,14,17-18H,3-5,13H2,1-2H3,(H,30,32)(H,31,34)/t17-,18+/m0/s1. The summed E-state index contributed by atoms with van der Waals surface area (Å²) >= 11 is 0. The number of anilines is 2. The van der Waals surface area contributed by atoms with Gasteiger partial charge in [0.2, 0.25) is 10.0 Å². The van der Waals surface area contributed by atoms with E-state index >= 15 is 0 Å². The summed E-state index contributed by atoms with van der Waals surface area (Å²) in [7, 11) is -2.02. The van der Waals surface area contributed by atoms with Gasteiger partial charge in [-0.3, -0.25) is 9.10 Å². The van der Waals surface area contributed by atoms with Crippen molar-refractivity contribution in [1.29, 1.82) is 0 Å². The summed E-state index contributed by atoms with van der Waals surface area (Å²) in [5.74, 6) is -0.922. The van der Waals surface area contributed by atoms with Gasteiger partial charge < -0.3 is 10.6 Å². The quantitative estimate of drug-likeness (QED) is 0.434. The molecule has 0 bridgehead atoms. The largest absolute Gasteiger partial charge is 0.433 e. The van der Waals surface area contributed by atoms with Crippen LogP contribution in [0.15, 0.2) is 48.5 Å². The molecule has 4 rings (SSSR count). The Morgan fingerprint density at radius 1 is 1.05 bits per heavy atom. The lowest BCUT2D eigenvalue weighted by molar-refractivity contribution is -0.140. The van der Waals surface area contributed by atoms with Crippen molar-refractivity contribution >= 4 is 38.2 Å². The van der Waals surface area contributed by atoms with Gasteiger partial charge in [-0.05, 0) is 74.2 Å². The Balaban J connectivity index is 1.47. The number of aromatic nitrogens is 1. The summed E-state index contributed by atoms with van der Waals surface area (Å²) in [5.41, 5.74) is -0.130. The number of benzene rings is 2. The van der Waals surface area contributed by atoms with Crippen LogP contribution in [0.25, 0.3) is 10.9 Å². The average Bonchev–Trinajstić information content (AvgIpc) is 2.83. The number of pyridine rings is 1. The van der Waals surface area contributed by atoms with Crippen LogP contribution in [-0.4, -0.2) is 44.7 Å². The van der Waals surface area contributed by atoms with Crippen molar-refractivity contribution in [1.82, 2.24) is 10.3 Å². The molecule has 3 aromatic rings. The third-order valence-corrected chi connectivity index (χ3v) is 7.63. The number of carbonyl (C=O) groups excluding carboxylic acids is 1. The average molecular weight is 539 g/mol. The highest BCUT2D eigenvalue weighted by Crippen LogP contribution is 2.34. The smallest absolute Gasteiger partial charge is 0.382 e. The van der Waals surface area contributed by atoms with Gasteiger partial charge in [0.1, 0.15) is 11.5 Å². The van der Waals surface area contributed by atoms with Crippen molar-refractivity contribution in [2.45, 2.75) is 43.9 Å². The lowest BCUT2D eigenvalue weighted by atomic mass is 9.90. The molecule has 1 aliphatic carbocycles. The number of nitrogens with zero attached hydrogens (tertiary/aromatic N) is 2. The Bertz CT molecular complexity index is 1410. The molecule has 1 fully saturated rings. The molecule has 1 heterocycles. The second-order valence-electron chi connectivity index (χ2n) is 9.17. The SMILES string of the molecule is CN(c1ccc(C(=O)N[C@@H]2CCC[C@H](Nc3cc(C(F)(F)F)nc4ccc(F)cc34)C2)cc1)S(C)(=O)=O. The van der Waals surface area contributed by atoms with Gasteiger partial charge in [0, 0.05) is 35.8 Å². The monoisotopic (exact) mass is 538 g/mol. The van der Waals surface area contributed by atoms with Crippen molar-refractivity contribution in [2.75, 3.05) is 22.9 Å². The maximum Gasteiger partial charge on any atom is 0.433 e. The molecular weight excluding hydrogens is 512 g/mol. The van der Waals surface area contributed by atoms with Crippen LogP contribution >= 0.6 is 0 Å². The maximum absolute atomic E-state index is 13.9. The van der Waals surface area contributed by atoms with E-state index in [1.807, 2.05) is 0 Å². The highest BCUT2D eigenvalue weighted by Gasteiger charge is 2.34. The number of halogens is 4. The van der Waals surface area contributed by atoms with E-state index in [0.717, 1.165) is 35.2 Å². The second kappa shape index (κ2) is 10.2. The van der Waals surface area contributed by atoms with Crippen LogP contribution in [0, 0.1) is 5.82 Å². The number of amides is 1. The summed E-state index contributed by atoms with van der Waals surface area (Å²) < 4.78 is 78.6. The minimum atomic E-state index is -4.66. The van der Waals surface area contributed by atoms with Gasteiger partial charge in [-0.1, -0.05) is 0 Å². The predicted molar refractivity (Wildman–Crippen MR) is 134 cm³/mol. The molecule has 0 spiro atoms. The molecule has 1 aromatic heterocycles. The van der Waals surface area contributed by atoms with E-state index in [0.29, 0.717) is 30.5 Å². The zero-order valence-corrected chi connectivity index (χ0v) is 21.0. The van der Waals surface area contributed by atoms with Crippen molar-refractivity contribution in [3.05, 3.63) is 65.6 Å². The summed E-state index contributed by atoms with van der Waals surface area (Å²) in [6.45, 7) is 0. The second-order valence-corrected chi connectivity index (χ2v) is 11.2. The molecule has 2 aromatic carbocycles. The van der Waals surface area contributed by atoms with E-state index < -0.39 is 27.7 Å². The van der Waals surface area contributed by atoms with Crippen molar-refractivity contribution in [3.8, 4) is 0 Å². The van der Waals surface area contributed by atoms with Crippen LogP contribution in [0.1, 0.15) is 41.7 Å². The third-order valence-electron chi connectivity index (χ3n) is 6.42. The van der Waals surface area contributed by atoms with E-state index in [-0.39, 0.29) is 34.6 Å². The topological polar surface area (TPSA) is 91.4 Å². The van der Waals surface area contributed by atoms with Crippen LogP contribution in [0.3, 0.4) is 0 Å². The first kappa shape index (κ1) is 26.6. The molecule has 0 unspecified atom stereocenters. The Kier molecular flexibility index (Phi) is 7.31. The Morgan fingerprint density at radius 3 is 2.38 bits per heavy atom. The van der Waals surface area contributed by atoms with Crippen LogP contribution in [0.5, 0.6) is 0 Å². The van der Waals surface area contributed by atoms with Gasteiger partial charge in [0.15, 0.2) is 0 Å². The molecule has 12 heteroatoms. The molecule has 0 saturated heterocycles. The fraction of sp³-hybridized carbons (Fsp3) is 0.360. The Labute approximate surface area is 211 Å². The van der Waals surface area contributed by atoms with Gasteiger partial charge in [-0.15, -0.1) is 0 Å². The molecule has 2 N–H and O–H groups in total. The summed E-state index contributed by atoms with van der Waals surface area (Å²) in [4.78, 5) is 16.4. The van der Waals surface area contributed by atoms with Crippen molar-refractivity contribution in [2.24, 2.45) is 0 Å². The first-order valence-corrected chi connectivity index (χ1v) is 13.4. The molecule has 198 valence electrons. The summed E-state index contributed by atoms with van der Waals surface area (Å²) in [5, 5.41) is 6.32. The molecule has 7 nitrogen and oxygen atoms in total. The van der Waals surface area contributed by atoms with Crippen LogP contribution in [0.2, 0.25) is 0 Å². The predicted octanol–water partition coefficient (Wildman–Crippen LogP) is 4.94. The highest BCUT2D eigenvalue weighted by molar-refractivity contribution is 7.92. The van der Waals surface area contributed by atoms with Gasteiger partial charge in [-0.2, -0.15) is 13.2 Å². The summed E-state index contributed by atoms with van der Waals surface area (Å²) in [6.07, 6.45) is -1.03. The number of nitrogens with one attached hydrogen (secondary N) is 2. The van der Waals surface area contributed by atoms with Gasteiger partial charge >= 0.3 is 6.18 Å². The van der Waals surface area contributed by atoms with Crippen molar-refractivity contribution < 1.29 is 30.8 Å². The number of sulfonamides is 1. The first-order chi connectivity index (χ1) is 17.3. The van der Waals surface area contributed by atoms with E-state index in [4.69, 9.17) is 0 Å². The number of carbonyl (C=O) groups is 1. The zero-order chi connectivity index (χ0) is 27.0. The number of fused-ring (bicyclic) bond motifs is 1. The molecular formula is C25H26F4N4O3S. The summed E-state index contributed by atoms with van der Waals surface area (Å²) in [6, 6.07) is 9.97. The van der Waals surface area contributed by atoms with Crippen LogP contribution in [0.4, 0.5) is 28.9 Å². The normalized spacial score (nSPS) is 18.4. The molecule has 1 amide bonds. The lowest BCUT2D eigenvalue weighted by Gasteiger charge is -2.31. The van der Waals surface area contributed by atoms with Gasteiger partial charge in [0.25, 0.3) is 5.91 Å². The molecule has 37 heavy (non-hydrogen) atoms. The van der Waals surface area contributed by atoms with E-state index in [1.54, 1.807) is 0 Å². The van der Waals surface area contributed by atoms with Crippen LogP contribution in [-0.2, 0) is 16.2 Å². The molecule has 1 aliphatic rings. The molecule has 0 radical (unpaired) electrons. The molecule has 2 atom stereocenters. The number of hydrogen-bond acceptors (Lipinski definition) is 5. The van der Waals surface area contributed by atoms with Crippen LogP contribution < -0.4 is 14.9 Å². The third kappa shape index (κ3) is 6.30. The fourth-order valence-corrected chi connectivity index (χ4v) is 4.92. The Morgan fingerprint density at radius 2 is 1.73 bits per heavy atom. The minimum absolute atomic E-state index is 0.0318. The number of alkyl halides is 3. The highest BCUT2D eigenvalue weighted by atomic mass is 32.2. The van der Waals surface area contributed by atoms with E-state index in [9.17, 15) is 30.8 Å². The molecule has 1 saturated carbocycles. The molecule has 0 aliphatic heterocycles. The minimum Gasteiger partial charge on any atom is -0.382 e. The lowest BCUT2D eigenvalue weighted by Crippen LogP contribution is -2.41. The van der Waals surface area contributed by atoms with E-state index in [2.05, 4.69) is 15.6 Å². The van der Waals surface area contributed by atoms with E-state index in [1.165, 1.54) is 37.4 Å². The van der Waals surface area contributed by atoms with Gasteiger partial charge in [0.05, 0.1) is 17.5 Å². The van der Waals surface area contributed by atoms with Gasteiger partial charge in [-0.25, -0.2) is 17.8 Å². The fourth-order valence-electron chi connectivity index (χ4n) is 4.42. The number of rotatable bonds is 6. The Hall–Kier alpha value is -3.41. The maximum atomic E-state index is 13.9. The van der Waals surface area contributed by atoms with Crippen molar-refractivity contribution in [3.63, 3.8) is 0 Å². The first-order valence-electron chi connectivity index (χ1n) is 11.6.